The predicted molar refractivity (Wildman–Crippen MR) is 229 cm³/mol. The molecule has 8 heteroatoms. The Morgan fingerprint density at radius 1 is 0.561 bits per heavy atom. The van der Waals surface area contributed by atoms with Crippen LogP contribution in [0, 0.1) is 34.1 Å². The van der Waals surface area contributed by atoms with Crippen LogP contribution in [0.25, 0.3) is 0 Å². The standard InChI is InChI=1S/C35H38N2O2.C14H18N2O.Au/c1-20(2)24-15-11-16-25(21(3)4)30(24)36-19-37(31-26(22(5)6)17-12-18-27(31)23(7)8)33-32(36)34(38)28-13-9-10-14-29(28)35(33)39;1-11-8-12(2)14(13(3)9-11)16-5-4-15(10-16)6-7-17;/h9-18,20-23H,1-8H3;4-5,8-9,17H,6-7H2,1-3H3;. The fourth-order valence-electron chi connectivity index (χ4n) is 8.09. The second-order valence-corrected chi connectivity index (χ2v) is 16.3. The summed E-state index contributed by atoms with van der Waals surface area (Å²) in [7, 11) is 0. The van der Waals surface area contributed by atoms with Gasteiger partial charge in [0.25, 0.3) is 0 Å². The zero-order chi connectivity index (χ0) is 40.6. The maximum Gasteiger partial charge on any atom is 0.219 e. The molecule has 1 N–H and O–H groups in total. The molecular weight excluding hydrogens is 890 g/mol. The molecular formula is C49H56AuN4O3. The van der Waals surface area contributed by atoms with E-state index in [0.717, 1.165) is 33.6 Å². The number of nitrogens with zero attached hydrogens (tertiary/aromatic N) is 4. The average Bonchev–Trinajstić information content (AvgIpc) is 3.78. The van der Waals surface area contributed by atoms with Crippen LogP contribution in [0.4, 0.5) is 17.1 Å². The number of hydrogen-bond acceptors (Lipinski definition) is 7. The zero-order valence-electron chi connectivity index (χ0n) is 35.2. The number of Topliss-reactive ketones (excluding diaryl/α,β-unsaturated/α-hetero) is 2. The van der Waals surface area contributed by atoms with Gasteiger partial charge in [0, 0.05) is 58.1 Å². The number of fused-ring (bicyclic) bond motifs is 1. The molecule has 3 aliphatic rings. The van der Waals surface area contributed by atoms with Crippen LogP contribution in [-0.4, -0.2) is 34.7 Å². The van der Waals surface area contributed by atoms with Gasteiger partial charge in [-0.05, 0) is 77.8 Å². The number of carbonyl (C=O) groups is 2. The van der Waals surface area contributed by atoms with E-state index in [0.29, 0.717) is 29.1 Å². The molecule has 5 radical (unpaired) electrons. The Kier molecular flexibility index (Phi) is 13.8. The van der Waals surface area contributed by atoms with Gasteiger partial charge in [0.05, 0.1) is 18.0 Å². The smallest absolute Gasteiger partial charge is 0.219 e. The van der Waals surface area contributed by atoms with Crippen LogP contribution in [0.2, 0.25) is 0 Å². The minimum atomic E-state index is -0.142. The number of para-hydroxylation sites is 2. The van der Waals surface area contributed by atoms with E-state index in [9.17, 15) is 9.59 Å². The van der Waals surface area contributed by atoms with Crippen molar-refractivity contribution in [3.05, 3.63) is 160 Å². The molecule has 0 unspecified atom stereocenters. The molecule has 4 aromatic rings. The number of hydrogen-bond donors (Lipinski definition) is 1. The van der Waals surface area contributed by atoms with Gasteiger partial charge in [0.2, 0.25) is 24.9 Å². The molecule has 57 heavy (non-hydrogen) atoms. The molecule has 1 aliphatic carbocycles. The third kappa shape index (κ3) is 8.45. The maximum absolute atomic E-state index is 14.3. The number of β-amino-alcohol motifs (C(OH)–C–C–N with tert-alkyl or cyclic N) is 1. The Hall–Kier alpha value is -4.40. The summed E-state index contributed by atoms with van der Waals surface area (Å²) >= 11 is 0. The van der Waals surface area contributed by atoms with Gasteiger partial charge in [-0.2, -0.15) is 0 Å². The fraction of sp³-hybridized carbons (Fsp3) is 0.347. The number of anilines is 3. The first-order chi connectivity index (χ1) is 26.7. The van der Waals surface area contributed by atoms with E-state index < -0.39 is 0 Å². The van der Waals surface area contributed by atoms with E-state index in [1.54, 1.807) is 12.1 Å². The number of carbonyl (C=O) groups excluding carboxylic acids is 2. The molecule has 7 rings (SSSR count). The SMILES string of the molecule is CC(C)c1cccc(C(C)C)c1N1[C]N(c2c(C(C)C)cccc2C(C)C)C2=C1C(=O)c1ccccc1C2=O.Cc1cc(C)c(N2[C]N(CCO)C=C2)c(C)c1.[Au]. The number of aliphatic hydroxyl groups excluding tert-OH is 1. The largest absolute Gasteiger partial charge is 0.395 e. The van der Waals surface area contributed by atoms with Crippen molar-refractivity contribution in [3.63, 3.8) is 0 Å². The van der Waals surface area contributed by atoms with Crippen LogP contribution in [-0.2, 0) is 22.4 Å². The molecule has 0 bridgehead atoms. The average molecular weight is 946 g/mol. The van der Waals surface area contributed by atoms with Gasteiger partial charge in [0.1, 0.15) is 11.4 Å². The zero-order valence-corrected chi connectivity index (χ0v) is 37.3. The number of allylic oxidation sites excluding steroid dienone is 2. The number of aliphatic hydroxyl groups is 1. The van der Waals surface area contributed by atoms with E-state index in [4.69, 9.17) is 5.11 Å². The normalized spacial score (nSPS) is 14.9. The molecule has 0 spiro atoms. The maximum atomic E-state index is 14.3. The summed E-state index contributed by atoms with van der Waals surface area (Å²) in [6.45, 7) is 31.2. The van der Waals surface area contributed by atoms with Gasteiger partial charge in [-0.15, -0.1) is 0 Å². The monoisotopic (exact) mass is 945 g/mol. The van der Waals surface area contributed by atoms with Gasteiger partial charge >= 0.3 is 0 Å². The molecule has 4 aromatic carbocycles. The summed E-state index contributed by atoms with van der Waals surface area (Å²) in [5.74, 6) is 0.584. The van der Waals surface area contributed by atoms with Gasteiger partial charge in [-0.25, -0.2) is 0 Å². The van der Waals surface area contributed by atoms with E-state index in [1.165, 1.54) is 22.4 Å². The Labute approximate surface area is 356 Å². The summed E-state index contributed by atoms with van der Waals surface area (Å²) in [5.41, 5.74) is 13.0. The van der Waals surface area contributed by atoms with Gasteiger partial charge in [-0.1, -0.05) is 134 Å². The Bertz CT molecular complexity index is 2010. The van der Waals surface area contributed by atoms with E-state index >= 15 is 0 Å². The molecule has 2 aliphatic heterocycles. The van der Waals surface area contributed by atoms with Crippen molar-refractivity contribution in [2.45, 2.75) is 99.8 Å². The third-order valence-electron chi connectivity index (χ3n) is 10.7. The quantitative estimate of drug-likeness (QED) is 0.168. The molecule has 0 amide bonds. The van der Waals surface area contributed by atoms with Gasteiger partial charge in [0.15, 0.2) is 0 Å². The first kappa shape index (κ1) is 43.7. The van der Waals surface area contributed by atoms with Crippen LogP contribution >= 0.6 is 0 Å². The number of rotatable bonds is 9. The first-order valence-corrected chi connectivity index (χ1v) is 19.9. The van der Waals surface area contributed by atoms with E-state index in [1.807, 2.05) is 44.1 Å². The minimum absolute atomic E-state index is 0. The second kappa shape index (κ2) is 18.0. The van der Waals surface area contributed by atoms with Gasteiger partial charge in [-0.3, -0.25) is 9.59 Å². The summed E-state index contributed by atoms with van der Waals surface area (Å²) in [6.07, 6.45) is 3.90. The predicted octanol–water partition coefficient (Wildman–Crippen LogP) is 11.0. The number of aryl methyl sites for hydroxylation is 3. The van der Waals surface area contributed by atoms with Crippen molar-refractivity contribution in [1.82, 2.24) is 4.90 Å². The molecule has 0 aromatic heterocycles. The molecule has 0 fully saturated rings. The van der Waals surface area contributed by atoms with E-state index in [2.05, 4.69) is 138 Å². The first-order valence-electron chi connectivity index (χ1n) is 19.9. The molecule has 0 saturated carbocycles. The van der Waals surface area contributed by atoms with Crippen LogP contribution in [0.5, 0.6) is 0 Å². The Morgan fingerprint density at radius 2 is 0.965 bits per heavy atom. The summed E-state index contributed by atoms with van der Waals surface area (Å²) < 4.78 is 0. The molecule has 301 valence electrons. The topological polar surface area (TPSA) is 67.3 Å². The van der Waals surface area contributed by atoms with Crippen molar-refractivity contribution in [2.24, 2.45) is 0 Å². The minimum Gasteiger partial charge on any atom is -0.395 e. The summed E-state index contributed by atoms with van der Waals surface area (Å²) in [6, 6.07) is 24.2. The molecule has 2 heterocycles. The van der Waals surface area contributed by atoms with E-state index in [-0.39, 0.29) is 64.2 Å². The van der Waals surface area contributed by atoms with Crippen LogP contribution in [0.1, 0.15) is 139 Å². The van der Waals surface area contributed by atoms with Crippen molar-refractivity contribution < 1.29 is 37.1 Å². The summed E-state index contributed by atoms with van der Waals surface area (Å²) in [4.78, 5) is 36.2. The fourth-order valence-corrected chi connectivity index (χ4v) is 8.09. The second-order valence-electron chi connectivity index (χ2n) is 16.3. The van der Waals surface area contributed by atoms with Crippen molar-refractivity contribution in [2.75, 3.05) is 27.9 Å². The van der Waals surface area contributed by atoms with Crippen LogP contribution < -0.4 is 14.7 Å². The number of benzene rings is 4. The van der Waals surface area contributed by atoms with Gasteiger partial charge < -0.3 is 24.7 Å². The summed E-state index contributed by atoms with van der Waals surface area (Å²) in [5, 5.41) is 8.89. The molecule has 0 saturated heterocycles. The third-order valence-corrected chi connectivity index (χ3v) is 10.7. The van der Waals surface area contributed by atoms with Crippen molar-refractivity contribution >= 4 is 28.6 Å². The van der Waals surface area contributed by atoms with Crippen LogP contribution in [0.15, 0.2) is 96.6 Å². The van der Waals surface area contributed by atoms with Crippen LogP contribution in [0.3, 0.4) is 0 Å². The molecule has 7 nitrogen and oxygen atoms in total. The molecule has 0 atom stereocenters. The Morgan fingerprint density at radius 3 is 1.33 bits per heavy atom. The van der Waals surface area contributed by atoms with Crippen molar-refractivity contribution in [3.8, 4) is 0 Å². The number of ketones is 2. The van der Waals surface area contributed by atoms with Crippen molar-refractivity contribution in [1.29, 1.82) is 0 Å². The Balaban J connectivity index is 0.000000289.